The largest absolute Gasteiger partial charge is 0.331 e. The minimum atomic E-state index is -0.370. The third-order valence-electron chi connectivity index (χ3n) is 3.55. The first-order valence-corrected chi connectivity index (χ1v) is 6.68. The van der Waals surface area contributed by atoms with E-state index in [-0.39, 0.29) is 24.0 Å². The van der Waals surface area contributed by atoms with Crippen LogP contribution in [0.15, 0.2) is 0 Å². The minimum absolute atomic E-state index is 0.0447. The molecule has 2 amide bonds. The van der Waals surface area contributed by atoms with Crippen LogP contribution in [0.5, 0.6) is 0 Å². The first-order valence-electron chi connectivity index (χ1n) is 6.68. The normalized spacial score (nSPS) is 28.5. The molecule has 2 aliphatic rings. The maximum Gasteiger partial charge on any atom is 0.266 e. The van der Waals surface area contributed by atoms with Crippen molar-refractivity contribution in [3.63, 3.8) is 0 Å². The SMILES string of the molecule is CCN1C(=O)CCC[C@H]1C(=O)NO[C@H]1CCNC1. The Morgan fingerprint density at radius 1 is 1.56 bits per heavy atom. The predicted octanol–water partition coefficient (Wildman–Crippen LogP) is -0.203. The Morgan fingerprint density at radius 3 is 3.06 bits per heavy atom. The monoisotopic (exact) mass is 255 g/mol. The van der Waals surface area contributed by atoms with E-state index in [9.17, 15) is 9.59 Å². The molecule has 2 heterocycles. The van der Waals surface area contributed by atoms with Gasteiger partial charge in [-0.1, -0.05) is 0 Å². The average molecular weight is 255 g/mol. The Balaban J connectivity index is 1.84. The molecule has 0 aliphatic carbocycles. The Hall–Kier alpha value is -1.14. The molecule has 18 heavy (non-hydrogen) atoms. The lowest BCUT2D eigenvalue weighted by Crippen LogP contribution is -2.52. The zero-order valence-corrected chi connectivity index (χ0v) is 10.8. The highest BCUT2D eigenvalue weighted by Crippen LogP contribution is 2.18. The van der Waals surface area contributed by atoms with Crippen molar-refractivity contribution in [2.75, 3.05) is 19.6 Å². The van der Waals surface area contributed by atoms with Crippen LogP contribution < -0.4 is 10.8 Å². The van der Waals surface area contributed by atoms with E-state index < -0.39 is 0 Å². The number of likely N-dealkylation sites (N-methyl/N-ethyl adjacent to an activating group) is 1. The molecule has 2 atom stereocenters. The number of hydrogen-bond donors (Lipinski definition) is 2. The molecule has 0 radical (unpaired) electrons. The summed E-state index contributed by atoms with van der Waals surface area (Å²) in [5, 5.41) is 3.16. The van der Waals surface area contributed by atoms with Crippen LogP contribution in [0, 0.1) is 0 Å². The first-order chi connectivity index (χ1) is 8.72. The Labute approximate surface area is 107 Å². The molecule has 6 heteroatoms. The van der Waals surface area contributed by atoms with Crippen LogP contribution in [0.25, 0.3) is 0 Å². The van der Waals surface area contributed by atoms with Crippen molar-refractivity contribution in [2.45, 2.75) is 44.8 Å². The third-order valence-corrected chi connectivity index (χ3v) is 3.55. The molecule has 2 aliphatic heterocycles. The fourth-order valence-corrected chi connectivity index (χ4v) is 2.53. The lowest BCUT2D eigenvalue weighted by molar-refractivity contribution is -0.152. The van der Waals surface area contributed by atoms with Crippen molar-refractivity contribution in [3.8, 4) is 0 Å². The summed E-state index contributed by atoms with van der Waals surface area (Å²) in [5.74, 6) is -0.136. The van der Waals surface area contributed by atoms with Crippen molar-refractivity contribution in [3.05, 3.63) is 0 Å². The summed E-state index contributed by atoms with van der Waals surface area (Å²) in [6, 6.07) is -0.370. The summed E-state index contributed by atoms with van der Waals surface area (Å²) in [5.41, 5.74) is 2.51. The van der Waals surface area contributed by atoms with Crippen molar-refractivity contribution in [2.24, 2.45) is 0 Å². The van der Waals surface area contributed by atoms with Crippen LogP contribution >= 0.6 is 0 Å². The molecule has 0 saturated carbocycles. The number of carbonyl (C=O) groups excluding carboxylic acids is 2. The fraction of sp³-hybridized carbons (Fsp3) is 0.833. The maximum absolute atomic E-state index is 12.0. The number of piperidine rings is 1. The second-order valence-electron chi connectivity index (χ2n) is 4.79. The van der Waals surface area contributed by atoms with E-state index in [1.165, 1.54) is 0 Å². The molecule has 0 spiro atoms. The lowest BCUT2D eigenvalue weighted by atomic mass is 10.0. The number of carbonyl (C=O) groups is 2. The number of rotatable bonds is 4. The van der Waals surface area contributed by atoms with E-state index in [0.717, 1.165) is 32.4 Å². The van der Waals surface area contributed by atoms with Gasteiger partial charge in [-0.2, -0.15) is 0 Å². The van der Waals surface area contributed by atoms with Crippen LogP contribution in [0.1, 0.15) is 32.6 Å². The topological polar surface area (TPSA) is 70.7 Å². The first kappa shape index (κ1) is 13.3. The molecule has 102 valence electrons. The quantitative estimate of drug-likeness (QED) is 0.682. The van der Waals surface area contributed by atoms with Crippen molar-refractivity contribution >= 4 is 11.8 Å². The molecule has 6 nitrogen and oxygen atoms in total. The van der Waals surface area contributed by atoms with Crippen molar-refractivity contribution in [1.82, 2.24) is 15.7 Å². The van der Waals surface area contributed by atoms with Gasteiger partial charge in [-0.3, -0.25) is 14.4 Å². The van der Waals surface area contributed by atoms with Gasteiger partial charge in [0.2, 0.25) is 5.91 Å². The highest BCUT2D eigenvalue weighted by Gasteiger charge is 2.32. The summed E-state index contributed by atoms with van der Waals surface area (Å²) in [4.78, 5) is 30.7. The molecule has 2 saturated heterocycles. The summed E-state index contributed by atoms with van der Waals surface area (Å²) in [6.07, 6.45) is 2.99. The van der Waals surface area contributed by atoms with E-state index in [2.05, 4.69) is 10.8 Å². The molecule has 2 rings (SSSR count). The van der Waals surface area contributed by atoms with Gasteiger partial charge in [0.15, 0.2) is 0 Å². The Bertz CT molecular complexity index is 316. The maximum atomic E-state index is 12.0. The number of likely N-dealkylation sites (tertiary alicyclic amines) is 1. The molecule has 0 aromatic heterocycles. The molecule has 0 aromatic rings. The molecule has 0 unspecified atom stereocenters. The Kier molecular flexibility index (Phi) is 4.54. The van der Waals surface area contributed by atoms with E-state index in [1.54, 1.807) is 4.90 Å². The Morgan fingerprint density at radius 2 is 2.39 bits per heavy atom. The van der Waals surface area contributed by atoms with E-state index in [4.69, 9.17) is 4.84 Å². The van der Waals surface area contributed by atoms with Crippen LogP contribution in [0.3, 0.4) is 0 Å². The van der Waals surface area contributed by atoms with Gasteiger partial charge in [0.1, 0.15) is 6.04 Å². The predicted molar refractivity (Wildman–Crippen MR) is 65.5 cm³/mol. The summed E-state index contributed by atoms with van der Waals surface area (Å²) >= 11 is 0. The second kappa shape index (κ2) is 6.15. The van der Waals surface area contributed by atoms with Crippen LogP contribution in [-0.2, 0) is 14.4 Å². The van der Waals surface area contributed by atoms with Gasteiger partial charge < -0.3 is 10.2 Å². The zero-order valence-electron chi connectivity index (χ0n) is 10.8. The summed E-state index contributed by atoms with van der Waals surface area (Å²) < 4.78 is 0. The van der Waals surface area contributed by atoms with Crippen LogP contribution in [-0.4, -0.2) is 48.5 Å². The number of hydroxylamine groups is 1. The standard InChI is InChI=1S/C12H21N3O3/c1-2-15-10(4-3-5-11(15)16)12(17)14-18-9-6-7-13-8-9/h9-10,13H,2-8H2,1H3,(H,14,17)/t9-,10-/m0/s1. The van der Waals surface area contributed by atoms with Crippen molar-refractivity contribution in [1.29, 1.82) is 0 Å². The highest BCUT2D eigenvalue weighted by molar-refractivity contribution is 5.88. The fourth-order valence-electron chi connectivity index (χ4n) is 2.53. The summed E-state index contributed by atoms with van der Waals surface area (Å²) in [6.45, 7) is 4.15. The van der Waals surface area contributed by atoms with Crippen molar-refractivity contribution < 1.29 is 14.4 Å². The average Bonchev–Trinajstić information content (AvgIpc) is 2.88. The van der Waals surface area contributed by atoms with Crippen LogP contribution in [0.4, 0.5) is 0 Å². The second-order valence-corrected chi connectivity index (χ2v) is 4.79. The number of hydrogen-bond acceptors (Lipinski definition) is 4. The molecule has 2 fully saturated rings. The highest BCUT2D eigenvalue weighted by atomic mass is 16.7. The van der Waals surface area contributed by atoms with E-state index in [1.807, 2.05) is 6.92 Å². The number of amides is 2. The van der Waals surface area contributed by atoms with Gasteiger partial charge in [0.25, 0.3) is 5.91 Å². The number of nitrogens with one attached hydrogen (secondary N) is 2. The molecule has 0 aromatic carbocycles. The van der Waals surface area contributed by atoms with Gasteiger partial charge in [-0.25, -0.2) is 5.48 Å². The van der Waals surface area contributed by atoms with Gasteiger partial charge in [0.05, 0.1) is 6.10 Å². The van der Waals surface area contributed by atoms with E-state index >= 15 is 0 Å². The third kappa shape index (κ3) is 3.00. The molecule has 0 bridgehead atoms. The van der Waals surface area contributed by atoms with Gasteiger partial charge in [-0.05, 0) is 32.7 Å². The smallest absolute Gasteiger partial charge is 0.266 e. The molecular weight excluding hydrogens is 234 g/mol. The molecular formula is C12H21N3O3. The molecule has 2 N–H and O–H groups in total. The van der Waals surface area contributed by atoms with Gasteiger partial charge in [-0.15, -0.1) is 0 Å². The van der Waals surface area contributed by atoms with Gasteiger partial charge >= 0.3 is 0 Å². The number of nitrogens with zero attached hydrogens (tertiary/aromatic N) is 1. The lowest BCUT2D eigenvalue weighted by Gasteiger charge is -2.33. The van der Waals surface area contributed by atoms with E-state index in [0.29, 0.717) is 13.0 Å². The van der Waals surface area contributed by atoms with Crippen LogP contribution in [0.2, 0.25) is 0 Å². The zero-order chi connectivity index (χ0) is 13.0. The minimum Gasteiger partial charge on any atom is -0.331 e. The summed E-state index contributed by atoms with van der Waals surface area (Å²) in [7, 11) is 0. The van der Waals surface area contributed by atoms with Gasteiger partial charge in [0, 0.05) is 19.5 Å².